The van der Waals surface area contributed by atoms with Gasteiger partial charge in [0.05, 0.1) is 0 Å². The van der Waals surface area contributed by atoms with Crippen molar-refractivity contribution in [2.75, 3.05) is 13.9 Å². The molecule has 1 fully saturated rings. The minimum atomic E-state index is 0.327. The standard InChI is InChI=1S/C13H18O2/c1-14-10-15-13-8-4-7-12(9-13)11-5-2-3-6-11/h4,7-9,11H,2-3,5-6,10H2,1H3. The molecular weight excluding hydrogens is 188 g/mol. The highest BCUT2D eigenvalue weighted by atomic mass is 16.7. The molecule has 0 radical (unpaired) electrons. The zero-order chi connectivity index (χ0) is 10.5. The normalized spacial score (nSPS) is 16.9. The second kappa shape index (κ2) is 5.17. The highest BCUT2D eigenvalue weighted by Gasteiger charge is 2.17. The molecule has 0 aliphatic heterocycles. The summed E-state index contributed by atoms with van der Waals surface area (Å²) in [5.41, 5.74) is 1.42. The van der Waals surface area contributed by atoms with E-state index in [-0.39, 0.29) is 0 Å². The van der Waals surface area contributed by atoms with Crippen molar-refractivity contribution in [2.45, 2.75) is 31.6 Å². The summed E-state index contributed by atoms with van der Waals surface area (Å²) in [6, 6.07) is 8.40. The van der Waals surface area contributed by atoms with Gasteiger partial charge in [0.25, 0.3) is 0 Å². The average Bonchev–Trinajstić information content (AvgIpc) is 2.80. The van der Waals surface area contributed by atoms with Crippen molar-refractivity contribution in [1.82, 2.24) is 0 Å². The Morgan fingerprint density at radius 3 is 2.80 bits per heavy atom. The van der Waals surface area contributed by atoms with Crippen molar-refractivity contribution >= 4 is 0 Å². The molecule has 0 aromatic heterocycles. The number of methoxy groups -OCH3 is 1. The molecule has 82 valence electrons. The third kappa shape index (κ3) is 2.72. The Bertz CT molecular complexity index is 303. The number of rotatable bonds is 4. The molecule has 2 nitrogen and oxygen atoms in total. The van der Waals surface area contributed by atoms with Crippen molar-refractivity contribution in [2.24, 2.45) is 0 Å². The van der Waals surface area contributed by atoms with Gasteiger partial charge in [-0.15, -0.1) is 0 Å². The lowest BCUT2D eigenvalue weighted by Gasteiger charge is -2.11. The van der Waals surface area contributed by atoms with Crippen LogP contribution in [0.2, 0.25) is 0 Å². The Labute approximate surface area is 91.2 Å². The molecular formula is C13H18O2. The number of hydrogen-bond donors (Lipinski definition) is 0. The summed E-state index contributed by atoms with van der Waals surface area (Å²) in [5, 5.41) is 0. The fourth-order valence-corrected chi connectivity index (χ4v) is 2.24. The van der Waals surface area contributed by atoms with E-state index in [1.807, 2.05) is 6.07 Å². The number of hydrogen-bond acceptors (Lipinski definition) is 2. The molecule has 0 spiro atoms. The van der Waals surface area contributed by atoms with Crippen LogP contribution in [0.5, 0.6) is 5.75 Å². The minimum Gasteiger partial charge on any atom is -0.468 e. The molecule has 1 aliphatic rings. The molecule has 0 saturated heterocycles. The molecule has 1 saturated carbocycles. The largest absolute Gasteiger partial charge is 0.468 e. The monoisotopic (exact) mass is 206 g/mol. The first-order valence-electron chi connectivity index (χ1n) is 5.62. The average molecular weight is 206 g/mol. The summed E-state index contributed by atoms with van der Waals surface area (Å²) in [7, 11) is 1.64. The highest BCUT2D eigenvalue weighted by Crippen LogP contribution is 2.35. The van der Waals surface area contributed by atoms with E-state index < -0.39 is 0 Å². The van der Waals surface area contributed by atoms with E-state index in [0.717, 1.165) is 11.7 Å². The molecule has 1 aromatic rings. The zero-order valence-corrected chi connectivity index (χ0v) is 9.24. The van der Waals surface area contributed by atoms with Gasteiger partial charge in [-0.2, -0.15) is 0 Å². The molecule has 0 amide bonds. The van der Waals surface area contributed by atoms with Crippen LogP contribution >= 0.6 is 0 Å². The van der Waals surface area contributed by atoms with E-state index >= 15 is 0 Å². The first-order valence-corrected chi connectivity index (χ1v) is 5.62. The zero-order valence-electron chi connectivity index (χ0n) is 9.24. The highest BCUT2D eigenvalue weighted by molar-refractivity contribution is 5.31. The van der Waals surface area contributed by atoms with Gasteiger partial charge in [0.2, 0.25) is 0 Å². The van der Waals surface area contributed by atoms with Crippen molar-refractivity contribution in [3.05, 3.63) is 29.8 Å². The molecule has 15 heavy (non-hydrogen) atoms. The fourth-order valence-electron chi connectivity index (χ4n) is 2.24. The maximum atomic E-state index is 5.43. The Morgan fingerprint density at radius 2 is 2.07 bits per heavy atom. The van der Waals surface area contributed by atoms with Crippen LogP contribution in [0.3, 0.4) is 0 Å². The number of ether oxygens (including phenoxy) is 2. The van der Waals surface area contributed by atoms with Crippen LogP contribution in [-0.2, 0) is 4.74 Å². The third-order valence-electron chi connectivity index (χ3n) is 3.03. The van der Waals surface area contributed by atoms with Crippen LogP contribution in [0.4, 0.5) is 0 Å². The van der Waals surface area contributed by atoms with Crippen molar-refractivity contribution in [1.29, 1.82) is 0 Å². The van der Waals surface area contributed by atoms with Crippen LogP contribution in [-0.4, -0.2) is 13.9 Å². The van der Waals surface area contributed by atoms with Crippen molar-refractivity contribution in [3.8, 4) is 5.75 Å². The van der Waals surface area contributed by atoms with Gasteiger partial charge in [0, 0.05) is 7.11 Å². The SMILES string of the molecule is COCOc1cccc(C2CCCC2)c1. The quantitative estimate of drug-likeness (QED) is 0.703. The predicted octanol–water partition coefficient (Wildman–Crippen LogP) is 3.33. The topological polar surface area (TPSA) is 18.5 Å². The summed E-state index contributed by atoms with van der Waals surface area (Å²) >= 11 is 0. The second-order valence-electron chi connectivity index (χ2n) is 4.10. The van der Waals surface area contributed by atoms with E-state index in [0.29, 0.717) is 6.79 Å². The van der Waals surface area contributed by atoms with E-state index in [2.05, 4.69) is 18.2 Å². The molecule has 0 bridgehead atoms. The molecule has 0 unspecified atom stereocenters. The van der Waals surface area contributed by atoms with Gasteiger partial charge in [-0.3, -0.25) is 0 Å². The maximum Gasteiger partial charge on any atom is 0.188 e. The van der Waals surface area contributed by atoms with Crippen molar-refractivity contribution < 1.29 is 9.47 Å². The van der Waals surface area contributed by atoms with E-state index in [1.54, 1.807) is 7.11 Å². The van der Waals surface area contributed by atoms with Crippen LogP contribution in [0, 0.1) is 0 Å². The molecule has 1 aliphatic carbocycles. The lowest BCUT2D eigenvalue weighted by Crippen LogP contribution is -2.00. The molecule has 0 atom stereocenters. The summed E-state index contributed by atoms with van der Waals surface area (Å²) in [5.74, 6) is 1.66. The Morgan fingerprint density at radius 1 is 1.27 bits per heavy atom. The van der Waals surface area contributed by atoms with Gasteiger partial charge in [-0.25, -0.2) is 0 Å². The fraction of sp³-hybridized carbons (Fsp3) is 0.538. The second-order valence-corrected chi connectivity index (χ2v) is 4.10. The molecule has 2 heteroatoms. The van der Waals surface area contributed by atoms with E-state index in [1.165, 1.54) is 31.2 Å². The Hall–Kier alpha value is -1.02. The summed E-state index contributed by atoms with van der Waals surface area (Å²) in [4.78, 5) is 0. The minimum absolute atomic E-state index is 0.327. The summed E-state index contributed by atoms with van der Waals surface area (Å²) in [6.45, 7) is 0.327. The lowest BCUT2D eigenvalue weighted by molar-refractivity contribution is 0.0510. The van der Waals surface area contributed by atoms with Gasteiger partial charge in [-0.05, 0) is 36.5 Å². The maximum absolute atomic E-state index is 5.43. The van der Waals surface area contributed by atoms with Gasteiger partial charge in [-0.1, -0.05) is 25.0 Å². The van der Waals surface area contributed by atoms with Gasteiger partial charge >= 0.3 is 0 Å². The molecule has 0 N–H and O–H groups in total. The van der Waals surface area contributed by atoms with Gasteiger partial charge in [0.1, 0.15) is 5.75 Å². The van der Waals surface area contributed by atoms with Gasteiger partial charge in [0.15, 0.2) is 6.79 Å². The van der Waals surface area contributed by atoms with Crippen LogP contribution in [0.25, 0.3) is 0 Å². The molecule has 2 rings (SSSR count). The third-order valence-corrected chi connectivity index (χ3v) is 3.03. The first-order chi connectivity index (χ1) is 7.40. The number of benzene rings is 1. The Balaban J connectivity index is 2.04. The van der Waals surface area contributed by atoms with Gasteiger partial charge < -0.3 is 9.47 Å². The molecule has 1 aromatic carbocycles. The smallest absolute Gasteiger partial charge is 0.188 e. The summed E-state index contributed by atoms with van der Waals surface area (Å²) < 4.78 is 10.3. The predicted molar refractivity (Wildman–Crippen MR) is 60.2 cm³/mol. The van der Waals surface area contributed by atoms with Crippen LogP contribution < -0.4 is 4.74 Å². The van der Waals surface area contributed by atoms with Crippen LogP contribution in [0.1, 0.15) is 37.2 Å². The molecule has 0 heterocycles. The lowest BCUT2D eigenvalue weighted by atomic mass is 9.98. The van der Waals surface area contributed by atoms with E-state index in [4.69, 9.17) is 9.47 Å². The van der Waals surface area contributed by atoms with E-state index in [9.17, 15) is 0 Å². The van der Waals surface area contributed by atoms with Crippen LogP contribution in [0.15, 0.2) is 24.3 Å². The van der Waals surface area contributed by atoms with Crippen molar-refractivity contribution in [3.63, 3.8) is 0 Å². The summed E-state index contributed by atoms with van der Waals surface area (Å²) in [6.07, 6.45) is 5.39. The first kappa shape index (κ1) is 10.5. The Kier molecular flexibility index (Phi) is 3.62.